The number of hydrogen-bond donors (Lipinski definition) is 2. The highest BCUT2D eigenvalue weighted by Gasteiger charge is 2.16. The van der Waals surface area contributed by atoms with E-state index in [4.69, 9.17) is 11.5 Å². The molecule has 0 atom stereocenters. The van der Waals surface area contributed by atoms with E-state index in [1.165, 1.54) is 15.9 Å². The van der Waals surface area contributed by atoms with Crippen LogP contribution in [0.5, 0.6) is 0 Å². The smallest absolute Gasteiger partial charge is 0.241 e. The minimum atomic E-state index is 0.129. The number of nitrogens with zero attached hydrogens (tertiary/aromatic N) is 5. The second-order valence-corrected chi connectivity index (χ2v) is 5.10. The zero-order chi connectivity index (χ0) is 12.9. The van der Waals surface area contributed by atoms with Crippen molar-refractivity contribution in [2.45, 2.75) is 13.8 Å². The lowest BCUT2D eigenvalue weighted by Crippen LogP contribution is -2.05. The number of anilines is 2. The van der Waals surface area contributed by atoms with Crippen LogP contribution >= 0.6 is 11.3 Å². The van der Waals surface area contributed by atoms with Gasteiger partial charge in [0, 0.05) is 4.88 Å². The molecule has 4 N–H and O–H groups in total. The van der Waals surface area contributed by atoms with Crippen LogP contribution in [-0.2, 0) is 0 Å². The van der Waals surface area contributed by atoms with E-state index in [0.29, 0.717) is 5.82 Å². The molecule has 3 aromatic heterocycles. The molecule has 0 bridgehead atoms. The summed E-state index contributed by atoms with van der Waals surface area (Å²) in [6.45, 7) is 4.07. The third-order valence-corrected chi connectivity index (χ3v) is 3.91. The molecule has 7 nitrogen and oxygen atoms in total. The Kier molecular flexibility index (Phi) is 2.20. The van der Waals surface area contributed by atoms with Gasteiger partial charge in [-0.1, -0.05) is 0 Å². The molecule has 3 heterocycles. The molecular weight excluding hydrogens is 250 g/mol. The predicted octanol–water partition coefficient (Wildman–Crippen LogP) is 1.05. The fourth-order valence-electron chi connectivity index (χ4n) is 1.82. The molecule has 0 aliphatic heterocycles. The van der Waals surface area contributed by atoms with Gasteiger partial charge in [-0.25, -0.2) is 9.97 Å². The lowest BCUT2D eigenvalue weighted by molar-refractivity contribution is 0.864. The summed E-state index contributed by atoms with van der Waals surface area (Å²) in [5.41, 5.74) is 12.4. The van der Waals surface area contributed by atoms with E-state index in [0.717, 1.165) is 15.8 Å². The maximum absolute atomic E-state index is 5.77. The predicted molar refractivity (Wildman–Crippen MR) is 70.6 cm³/mol. The lowest BCUT2D eigenvalue weighted by Gasteiger charge is -2.03. The SMILES string of the molecule is Cc1sc2ncnc(-n3nc(N)nc3N)c2c1C. The largest absolute Gasteiger partial charge is 0.368 e. The quantitative estimate of drug-likeness (QED) is 0.677. The number of aromatic nitrogens is 5. The van der Waals surface area contributed by atoms with Crippen molar-refractivity contribution < 1.29 is 0 Å². The fraction of sp³-hybridized carbons (Fsp3) is 0.200. The van der Waals surface area contributed by atoms with E-state index in [1.54, 1.807) is 11.3 Å². The first kappa shape index (κ1) is 10.9. The van der Waals surface area contributed by atoms with Gasteiger partial charge in [-0.05, 0) is 19.4 Å². The van der Waals surface area contributed by atoms with Crippen LogP contribution < -0.4 is 11.5 Å². The summed E-state index contributed by atoms with van der Waals surface area (Å²) in [6.07, 6.45) is 1.49. The van der Waals surface area contributed by atoms with Gasteiger partial charge < -0.3 is 11.5 Å². The van der Waals surface area contributed by atoms with E-state index in [-0.39, 0.29) is 11.9 Å². The minimum absolute atomic E-state index is 0.129. The van der Waals surface area contributed by atoms with E-state index in [9.17, 15) is 0 Å². The van der Waals surface area contributed by atoms with Gasteiger partial charge in [0.25, 0.3) is 0 Å². The van der Waals surface area contributed by atoms with Crippen molar-refractivity contribution in [2.75, 3.05) is 11.5 Å². The summed E-state index contributed by atoms with van der Waals surface area (Å²) in [7, 11) is 0. The highest BCUT2D eigenvalue weighted by molar-refractivity contribution is 7.18. The molecular formula is C10H11N7S. The van der Waals surface area contributed by atoms with Gasteiger partial charge in [-0.15, -0.1) is 16.4 Å². The highest BCUT2D eigenvalue weighted by Crippen LogP contribution is 2.32. The standard InChI is InChI=1S/C10H11N7S/c1-4-5(2)18-8-6(4)7(13-3-14-8)17-10(12)15-9(11)16-17/h3H,1-2H3,(H4,11,12,15,16). The Bertz CT molecular complexity index is 742. The summed E-state index contributed by atoms with van der Waals surface area (Å²) >= 11 is 1.62. The van der Waals surface area contributed by atoms with E-state index in [1.807, 2.05) is 13.8 Å². The van der Waals surface area contributed by atoms with Crippen LogP contribution in [0.1, 0.15) is 10.4 Å². The number of nitrogens with two attached hydrogens (primary N) is 2. The first-order chi connectivity index (χ1) is 8.58. The lowest BCUT2D eigenvalue weighted by atomic mass is 10.2. The van der Waals surface area contributed by atoms with E-state index >= 15 is 0 Å². The Morgan fingerprint density at radius 1 is 1.22 bits per heavy atom. The maximum atomic E-state index is 5.77. The first-order valence-corrected chi connectivity index (χ1v) is 6.08. The monoisotopic (exact) mass is 261 g/mol. The van der Waals surface area contributed by atoms with Crippen molar-refractivity contribution in [3.05, 3.63) is 16.8 Å². The molecule has 0 spiro atoms. The van der Waals surface area contributed by atoms with Gasteiger partial charge in [0.05, 0.1) is 5.39 Å². The number of rotatable bonds is 1. The number of aryl methyl sites for hydroxylation is 2. The average Bonchev–Trinajstić information content (AvgIpc) is 2.80. The zero-order valence-electron chi connectivity index (χ0n) is 9.88. The minimum Gasteiger partial charge on any atom is -0.368 e. The topological polar surface area (TPSA) is 109 Å². The Balaban J connectivity index is 2.39. The summed E-state index contributed by atoms with van der Waals surface area (Å²) in [6, 6.07) is 0. The van der Waals surface area contributed by atoms with Crippen molar-refractivity contribution in [1.82, 2.24) is 24.7 Å². The number of nitrogen functional groups attached to an aromatic ring is 2. The molecule has 0 saturated heterocycles. The van der Waals surface area contributed by atoms with Crippen LogP contribution in [-0.4, -0.2) is 24.7 Å². The van der Waals surface area contributed by atoms with Gasteiger partial charge in [-0.2, -0.15) is 9.67 Å². The molecule has 0 amide bonds. The molecule has 3 rings (SSSR count). The molecule has 92 valence electrons. The van der Waals surface area contributed by atoms with Crippen LogP contribution in [0.25, 0.3) is 16.0 Å². The summed E-state index contributed by atoms with van der Waals surface area (Å²) in [5, 5.41) is 4.99. The van der Waals surface area contributed by atoms with Gasteiger partial charge in [0.15, 0.2) is 5.82 Å². The number of hydrogen-bond acceptors (Lipinski definition) is 7. The van der Waals surface area contributed by atoms with Crippen LogP contribution in [0, 0.1) is 13.8 Å². The Morgan fingerprint density at radius 2 is 2.00 bits per heavy atom. The second-order valence-electron chi connectivity index (χ2n) is 3.90. The van der Waals surface area contributed by atoms with Crippen molar-refractivity contribution in [3.63, 3.8) is 0 Å². The summed E-state index contributed by atoms with van der Waals surface area (Å²) in [4.78, 5) is 14.5. The van der Waals surface area contributed by atoms with Crippen molar-refractivity contribution >= 4 is 33.5 Å². The number of fused-ring (bicyclic) bond motifs is 1. The summed E-state index contributed by atoms with van der Waals surface area (Å²) < 4.78 is 1.44. The molecule has 3 aromatic rings. The third kappa shape index (κ3) is 1.42. The average molecular weight is 261 g/mol. The maximum Gasteiger partial charge on any atom is 0.241 e. The van der Waals surface area contributed by atoms with Gasteiger partial charge in [0.1, 0.15) is 11.2 Å². The molecule has 8 heteroatoms. The highest BCUT2D eigenvalue weighted by atomic mass is 32.1. The normalized spacial score (nSPS) is 11.2. The Hall–Kier alpha value is -2.22. The zero-order valence-corrected chi connectivity index (χ0v) is 10.7. The second kappa shape index (κ2) is 3.64. The molecule has 0 aliphatic carbocycles. The van der Waals surface area contributed by atoms with Crippen molar-refractivity contribution in [1.29, 1.82) is 0 Å². The van der Waals surface area contributed by atoms with Gasteiger partial charge in [-0.3, -0.25) is 0 Å². The van der Waals surface area contributed by atoms with Gasteiger partial charge >= 0.3 is 0 Å². The number of thiophene rings is 1. The van der Waals surface area contributed by atoms with Crippen LogP contribution in [0.2, 0.25) is 0 Å². The molecule has 0 fully saturated rings. The van der Waals surface area contributed by atoms with E-state index < -0.39 is 0 Å². The summed E-state index contributed by atoms with van der Waals surface area (Å²) in [5.74, 6) is 0.961. The van der Waals surface area contributed by atoms with Crippen LogP contribution in [0.15, 0.2) is 6.33 Å². The third-order valence-electron chi connectivity index (χ3n) is 2.79. The molecule has 0 aromatic carbocycles. The molecule has 18 heavy (non-hydrogen) atoms. The fourth-order valence-corrected chi connectivity index (χ4v) is 2.81. The van der Waals surface area contributed by atoms with Crippen LogP contribution in [0.3, 0.4) is 0 Å². The molecule has 0 unspecified atom stereocenters. The molecule has 0 aliphatic rings. The molecule has 0 saturated carbocycles. The molecule has 0 radical (unpaired) electrons. The Morgan fingerprint density at radius 3 is 2.67 bits per heavy atom. The Labute approximate surface area is 106 Å². The first-order valence-electron chi connectivity index (χ1n) is 5.27. The van der Waals surface area contributed by atoms with Crippen molar-refractivity contribution in [3.8, 4) is 5.82 Å². The van der Waals surface area contributed by atoms with Crippen LogP contribution in [0.4, 0.5) is 11.9 Å². The van der Waals surface area contributed by atoms with Gasteiger partial charge in [0.2, 0.25) is 11.9 Å². The van der Waals surface area contributed by atoms with Crippen molar-refractivity contribution in [2.24, 2.45) is 0 Å². The van der Waals surface area contributed by atoms with E-state index in [2.05, 4.69) is 20.1 Å².